The Kier molecular flexibility index (Phi) is 7.61. The molecule has 4 aromatic rings. The Morgan fingerprint density at radius 1 is 0.933 bits per heavy atom. The van der Waals surface area contributed by atoms with Crippen LogP contribution in [-0.4, -0.2) is 16.0 Å². The van der Waals surface area contributed by atoms with Gasteiger partial charge in [0.1, 0.15) is 0 Å². The number of benzene rings is 2. The molecule has 0 saturated heterocycles. The van der Waals surface area contributed by atoms with Crippen LogP contribution >= 0.6 is 12.4 Å². The highest BCUT2D eigenvalue weighted by Crippen LogP contribution is 2.16. The van der Waals surface area contributed by atoms with Crippen molar-refractivity contribution < 1.29 is 0 Å². The second-order valence-corrected chi connectivity index (χ2v) is 7.83. The normalized spacial score (nSPS) is 12.0. The van der Waals surface area contributed by atoms with E-state index in [4.69, 9.17) is 0 Å². The maximum Gasteiger partial charge on any atom is 0.248 e. The first-order valence-corrected chi connectivity index (χ1v) is 10.4. The van der Waals surface area contributed by atoms with Gasteiger partial charge in [0, 0.05) is 41.9 Å². The minimum atomic E-state index is -0.0487. The highest BCUT2D eigenvalue weighted by atomic mass is 35.5. The lowest BCUT2D eigenvalue weighted by Gasteiger charge is -2.14. The van der Waals surface area contributed by atoms with Gasteiger partial charge in [0.15, 0.2) is 0 Å². The average molecular weight is 422 g/mol. The molecule has 1 atom stereocenters. The standard InChI is InChI=1S/C25H27N3O.ClH/c1-18(27-16-20-6-8-23-17-26-13-12-21(23)15-20)4-2-3-5-19-7-10-24-22(14-19)9-11-25(29)28-24;/h6-15,17-18,27H,2-5,16H2,1H3,(H,28,29);1H/t18-;/m1./s1. The highest BCUT2D eigenvalue weighted by molar-refractivity contribution is 5.85. The molecule has 30 heavy (non-hydrogen) atoms. The molecule has 0 aliphatic rings. The molecule has 0 fully saturated rings. The number of unbranched alkanes of at least 4 members (excludes halogenated alkanes) is 1. The van der Waals surface area contributed by atoms with Gasteiger partial charge in [-0.05, 0) is 78.4 Å². The molecule has 5 heteroatoms. The molecule has 4 rings (SSSR count). The molecule has 0 bridgehead atoms. The van der Waals surface area contributed by atoms with E-state index in [1.807, 2.05) is 24.5 Å². The van der Waals surface area contributed by atoms with Crippen molar-refractivity contribution in [2.75, 3.05) is 0 Å². The van der Waals surface area contributed by atoms with Crippen molar-refractivity contribution in [1.29, 1.82) is 0 Å². The summed E-state index contributed by atoms with van der Waals surface area (Å²) in [5, 5.41) is 7.17. The van der Waals surface area contributed by atoms with Crippen LogP contribution in [0.5, 0.6) is 0 Å². The Bertz CT molecular complexity index is 1170. The van der Waals surface area contributed by atoms with Crippen molar-refractivity contribution in [2.45, 2.75) is 45.2 Å². The number of aromatic amines is 1. The number of rotatable bonds is 8. The number of hydrogen-bond acceptors (Lipinski definition) is 3. The van der Waals surface area contributed by atoms with Crippen LogP contribution in [0.15, 0.2) is 71.8 Å². The van der Waals surface area contributed by atoms with Crippen LogP contribution in [0, 0.1) is 0 Å². The Morgan fingerprint density at radius 2 is 1.73 bits per heavy atom. The molecule has 156 valence electrons. The predicted molar refractivity (Wildman–Crippen MR) is 127 cm³/mol. The summed E-state index contributed by atoms with van der Waals surface area (Å²) in [6, 6.07) is 18.9. The van der Waals surface area contributed by atoms with Crippen LogP contribution in [0.1, 0.15) is 37.3 Å². The van der Waals surface area contributed by atoms with Gasteiger partial charge in [0.25, 0.3) is 0 Å². The van der Waals surface area contributed by atoms with Crippen molar-refractivity contribution >= 4 is 34.1 Å². The third-order valence-corrected chi connectivity index (χ3v) is 5.50. The first-order chi connectivity index (χ1) is 14.2. The zero-order valence-corrected chi connectivity index (χ0v) is 18.0. The SMILES string of the molecule is C[C@H](CCCCc1ccc2[nH]c(=O)ccc2c1)NCc1ccc2cnccc2c1.Cl. The van der Waals surface area contributed by atoms with Crippen molar-refractivity contribution in [3.8, 4) is 0 Å². The predicted octanol–water partition coefficient (Wildman–Crippen LogP) is 5.39. The number of hydrogen-bond donors (Lipinski definition) is 2. The van der Waals surface area contributed by atoms with Crippen molar-refractivity contribution in [3.05, 3.63) is 88.5 Å². The van der Waals surface area contributed by atoms with Gasteiger partial charge in [0.2, 0.25) is 5.56 Å². The van der Waals surface area contributed by atoms with E-state index in [0.29, 0.717) is 6.04 Å². The molecule has 0 radical (unpaired) electrons. The third kappa shape index (κ3) is 5.68. The van der Waals surface area contributed by atoms with Gasteiger partial charge >= 0.3 is 0 Å². The van der Waals surface area contributed by atoms with E-state index in [2.05, 4.69) is 58.6 Å². The summed E-state index contributed by atoms with van der Waals surface area (Å²) in [6.07, 6.45) is 8.35. The van der Waals surface area contributed by atoms with E-state index < -0.39 is 0 Å². The number of aromatic nitrogens is 2. The lowest BCUT2D eigenvalue weighted by atomic mass is 10.0. The van der Waals surface area contributed by atoms with Crippen molar-refractivity contribution in [2.24, 2.45) is 0 Å². The number of nitrogens with zero attached hydrogens (tertiary/aromatic N) is 1. The van der Waals surface area contributed by atoms with Crippen LogP contribution in [0.3, 0.4) is 0 Å². The van der Waals surface area contributed by atoms with Gasteiger partial charge in [-0.3, -0.25) is 9.78 Å². The smallest absolute Gasteiger partial charge is 0.248 e. The van der Waals surface area contributed by atoms with E-state index in [9.17, 15) is 4.79 Å². The zero-order valence-electron chi connectivity index (χ0n) is 17.2. The summed E-state index contributed by atoms with van der Waals surface area (Å²) in [7, 11) is 0. The molecule has 0 saturated carbocycles. The molecule has 2 N–H and O–H groups in total. The molecule has 4 nitrogen and oxygen atoms in total. The van der Waals surface area contributed by atoms with Crippen LogP contribution < -0.4 is 10.9 Å². The Morgan fingerprint density at radius 3 is 2.63 bits per heavy atom. The quantitative estimate of drug-likeness (QED) is 0.375. The molecule has 0 aliphatic heterocycles. The van der Waals surface area contributed by atoms with Gasteiger partial charge in [-0.1, -0.05) is 24.6 Å². The van der Waals surface area contributed by atoms with E-state index in [-0.39, 0.29) is 18.0 Å². The summed E-state index contributed by atoms with van der Waals surface area (Å²) < 4.78 is 0. The van der Waals surface area contributed by atoms with Gasteiger partial charge in [-0.15, -0.1) is 12.4 Å². The summed E-state index contributed by atoms with van der Waals surface area (Å²) in [5.74, 6) is 0. The molecule has 2 heterocycles. The average Bonchev–Trinajstić information content (AvgIpc) is 2.75. The van der Waals surface area contributed by atoms with Crippen molar-refractivity contribution in [1.82, 2.24) is 15.3 Å². The molecule has 2 aromatic heterocycles. The summed E-state index contributed by atoms with van der Waals surface area (Å²) in [4.78, 5) is 18.4. The number of nitrogens with one attached hydrogen (secondary N) is 2. The maximum absolute atomic E-state index is 11.4. The Hall–Kier alpha value is -2.69. The lowest BCUT2D eigenvalue weighted by Crippen LogP contribution is -2.25. The van der Waals surface area contributed by atoms with E-state index in [1.54, 1.807) is 6.07 Å². The van der Waals surface area contributed by atoms with Gasteiger partial charge in [-0.2, -0.15) is 0 Å². The second kappa shape index (κ2) is 10.4. The van der Waals surface area contributed by atoms with Crippen LogP contribution in [-0.2, 0) is 13.0 Å². The first kappa shape index (κ1) is 22.0. The summed E-state index contributed by atoms with van der Waals surface area (Å²) >= 11 is 0. The lowest BCUT2D eigenvalue weighted by molar-refractivity contribution is 0.489. The van der Waals surface area contributed by atoms with E-state index >= 15 is 0 Å². The number of H-pyrrole nitrogens is 1. The Labute approximate surface area is 183 Å². The maximum atomic E-state index is 11.4. The van der Waals surface area contributed by atoms with Gasteiger partial charge in [-0.25, -0.2) is 0 Å². The zero-order chi connectivity index (χ0) is 20.1. The number of aryl methyl sites for hydroxylation is 1. The molecule has 0 amide bonds. The van der Waals surface area contributed by atoms with Crippen LogP contribution in [0.4, 0.5) is 0 Å². The molecule has 0 spiro atoms. The molecular formula is C25H28ClN3O. The number of pyridine rings is 2. The molecule has 0 aliphatic carbocycles. The largest absolute Gasteiger partial charge is 0.322 e. The van der Waals surface area contributed by atoms with E-state index in [0.717, 1.165) is 23.9 Å². The third-order valence-electron chi connectivity index (χ3n) is 5.50. The van der Waals surface area contributed by atoms with Gasteiger partial charge < -0.3 is 10.3 Å². The minimum absolute atomic E-state index is 0. The summed E-state index contributed by atoms with van der Waals surface area (Å²) in [5.41, 5.74) is 3.50. The highest BCUT2D eigenvalue weighted by Gasteiger charge is 2.04. The van der Waals surface area contributed by atoms with Crippen LogP contribution in [0.25, 0.3) is 21.7 Å². The topological polar surface area (TPSA) is 57.8 Å². The fraction of sp³-hybridized carbons (Fsp3) is 0.280. The molecule has 0 unspecified atom stereocenters. The fourth-order valence-electron chi connectivity index (χ4n) is 3.78. The van der Waals surface area contributed by atoms with Gasteiger partial charge in [0.05, 0.1) is 0 Å². The Balaban J connectivity index is 0.00000256. The van der Waals surface area contributed by atoms with Crippen molar-refractivity contribution in [3.63, 3.8) is 0 Å². The number of fused-ring (bicyclic) bond motifs is 2. The summed E-state index contributed by atoms with van der Waals surface area (Å²) in [6.45, 7) is 3.15. The minimum Gasteiger partial charge on any atom is -0.322 e. The van der Waals surface area contributed by atoms with E-state index in [1.165, 1.54) is 41.2 Å². The molecular weight excluding hydrogens is 394 g/mol. The fourth-order valence-corrected chi connectivity index (χ4v) is 3.78. The molecule has 2 aromatic carbocycles. The monoisotopic (exact) mass is 421 g/mol. The number of halogens is 1. The van der Waals surface area contributed by atoms with Crippen LogP contribution in [0.2, 0.25) is 0 Å². The first-order valence-electron chi connectivity index (χ1n) is 10.4. The second-order valence-electron chi connectivity index (χ2n) is 7.83.